The molecular weight excluding hydrogens is 402 g/mol. The van der Waals surface area contributed by atoms with Crippen LogP contribution in [-0.4, -0.2) is 22.4 Å². The van der Waals surface area contributed by atoms with Crippen LogP contribution in [0.15, 0.2) is 66.9 Å². The third kappa shape index (κ3) is 4.31. The van der Waals surface area contributed by atoms with E-state index in [1.807, 2.05) is 6.20 Å². The molecule has 3 nitrogen and oxygen atoms in total. The molecule has 0 spiro atoms. The lowest BCUT2D eigenvalue weighted by Gasteiger charge is -2.37. The maximum absolute atomic E-state index is 4.86. The number of nitrogens with one attached hydrogen (secondary N) is 1. The summed E-state index contributed by atoms with van der Waals surface area (Å²) >= 11 is 0. The lowest BCUT2D eigenvalue weighted by molar-refractivity contribution is 0.252. The second kappa shape index (κ2) is 8.29. The smallest absolute Gasteiger partial charge is 0.0688 e. The van der Waals surface area contributed by atoms with Crippen LogP contribution in [-0.2, 0) is 10.8 Å². The van der Waals surface area contributed by atoms with Gasteiger partial charge in [0.1, 0.15) is 0 Å². The number of nitrogens with zero attached hydrogens (tertiary/aromatic N) is 2. The summed E-state index contributed by atoms with van der Waals surface area (Å²) in [5.41, 5.74) is 4.33. The molecule has 1 fully saturated rings. The van der Waals surface area contributed by atoms with Crippen molar-refractivity contribution in [3.8, 4) is 0 Å². The van der Waals surface area contributed by atoms with Gasteiger partial charge in [-0.1, -0.05) is 89.2 Å². The third-order valence-electron chi connectivity index (χ3n) is 7.55. The molecule has 2 unspecified atom stereocenters. The van der Waals surface area contributed by atoms with Crippen LogP contribution in [0.2, 0.25) is 0 Å². The summed E-state index contributed by atoms with van der Waals surface area (Å²) in [6, 6.07) is 23.3. The van der Waals surface area contributed by atoms with Gasteiger partial charge in [0.15, 0.2) is 0 Å². The van der Waals surface area contributed by atoms with Gasteiger partial charge in [0.05, 0.1) is 17.8 Å². The first-order chi connectivity index (χ1) is 15.7. The molecule has 2 atom stereocenters. The second-order valence-corrected chi connectivity index (χ2v) is 11.6. The van der Waals surface area contributed by atoms with E-state index in [2.05, 4.69) is 105 Å². The fourth-order valence-corrected chi connectivity index (χ4v) is 5.70. The molecule has 33 heavy (non-hydrogen) atoms. The van der Waals surface area contributed by atoms with E-state index in [-0.39, 0.29) is 10.8 Å². The van der Waals surface area contributed by atoms with E-state index in [4.69, 9.17) is 5.10 Å². The average Bonchev–Trinajstić information content (AvgIpc) is 3.21. The van der Waals surface area contributed by atoms with E-state index >= 15 is 0 Å². The Hall–Kier alpha value is -2.65. The average molecular weight is 440 g/mol. The van der Waals surface area contributed by atoms with Gasteiger partial charge < -0.3 is 5.32 Å². The van der Waals surface area contributed by atoms with Crippen molar-refractivity contribution in [3.63, 3.8) is 0 Å². The SMILES string of the molecule is CC(C)(C)c1ccc2cnn(C3CCNC(CC(C)(C)c4cccc5ccccc45)C3)c2c1. The summed E-state index contributed by atoms with van der Waals surface area (Å²) in [6.07, 6.45) is 5.40. The highest BCUT2D eigenvalue weighted by molar-refractivity contribution is 5.86. The fraction of sp³-hybridized carbons (Fsp3) is 0.433. The second-order valence-electron chi connectivity index (χ2n) is 11.6. The minimum Gasteiger partial charge on any atom is -0.314 e. The number of rotatable bonds is 4. The third-order valence-corrected chi connectivity index (χ3v) is 7.55. The van der Waals surface area contributed by atoms with Gasteiger partial charge in [-0.05, 0) is 64.6 Å². The van der Waals surface area contributed by atoms with Crippen molar-refractivity contribution in [3.05, 3.63) is 78.0 Å². The van der Waals surface area contributed by atoms with Crippen molar-refractivity contribution in [2.75, 3.05) is 6.54 Å². The van der Waals surface area contributed by atoms with E-state index in [1.165, 1.54) is 32.8 Å². The molecule has 0 aliphatic carbocycles. The molecule has 3 aromatic carbocycles. The van der Waals surface area contributed by atoms with Crippen LogP contribution in [0.5, 0.6) is 0 Å². The van der Waals surface area contributed by atoms with Crippen LogP contribution >= 0.6 is 0 Å². The van der Waals surface area contributed by atoms with E-state index in [1.54, 1.807) is 0 Å². The zero-order valence-electron chi connectivity index (χ0n) is 20.7. The molecule has 3 heteroatoms. The van der Waals surface area contributed by atoms with Gasteiger partial charge in [-0.15, -0.1) is 0 Å². The maximum atomic E-state index is 4.86. The van der Waals surface area contributed by atoms with Crippen LogP contribution in [0.1, 0.15) is 71.0 Å². The van der Waals surface area contributed by atoms with Crippen LogP contribution in [0.4, 0.5) is 0 Å². The van der Waals surface area contributed by atoms with Crippen molar-refractivity contribution in [2.45, 2.75) is 76.8 Å². The number of hydrogen-bond donors (Lipinski definition) is 1. The Labute approximate surface area is 198 Å². The van der Waals surface area contributed by atoms with Crippen molar-refractivity contribution in [2.24, 2.45) is 0 Å². The molecule has 2 heterocycles. The normalized spacial score (nSPS) is 19.9. The van der Waals surface area contributed by atoms with E-state index in [0.29, 0.717) is 12.1 Å². The van der Waals surface area contributed by atoms with Crippen molar-refractivity contribution in [1.82, 2.24) is 15.1 Å². The first-order valence-electron chi connectivity index (χ1n) is 12.4. The number of benzene rings is 3. The van der Waals surface area contributed by atoms with E-state index in [9.17, 15) is 0 Å². The Morgan fingerprint density at radius 1 is 0.939 bits per heavy atom. The molecule has 1 aromatic heterocycles. The molecule has 1 saturated heterocycles. The molecule has 1 N–H and O–H groups in total. The Balaban J connectivity index is 1.40. The summed E-state index contributed by atoms with van der Waals surface area (Å²) in [4.78, 5) is 0. The van der Waals surface area contributed by atoms with Crippen molar-refractivity contribution < 1.29 is 0 Å². The predicted molar refractivity (Wildman–Crippen MR) is 140 cm³/mol. The van der Waals surface area contributed by atoms with Crippen molar-refractivity contribution >= 4 is 21.7 Å². The minimum absolute atomic E-state index is 0.0893. The highest BCUT2D eigenvalue weighted by Gasteiger charge is 2.31. The van der Waals surface area contributed by atoms with E-state index in [0.717, 1.165) is 25.8 Å². The topological polar surface area (TPSA) is 29.9 Å². The van der Waals surface area contributed by atoms with Crippen LogP contribution in [0, 0.1) is 0 Å². The zero-order valence-corrected chi connectivity index (χ0v) is 20.7. The van der Waals surface area contributed by atoms with Gasteiger partial charge in [-0.2, -0.15) is 5.10 Å². The summed E-state index contributed by atoms with van der Waals surface area (Å²) in [5, 5.41) is 12.6. The van der Waals surface area contributed by atoms with E-state index < -0.39 is 0 Å². The lowest BCUT2D eigenvalue weighted by Crippen LogP contribution is -2.42. The molecule has 1 aliphatic heterocycles. The highest BCUT2D eigenvalue weighted by atomic mass is 15.3. The molecule has 0 amide bonds. The number of aromatic nitrogens is 2. The molecule has 4 aromatic rings. The van der Waals surface area contributed by atoms with Gasteiger partial charge in [-0.25, -0.2) is 0 Å². The fourth-order valence-electron chi connectivity index (χ4n) is 5.70. The van der Waals surface area contributed by atoms with Gasteiger partial charge in [-0.3, -0.25) is 4.68 Å². The van der Waals surface area contributed by atoms with Crippen LogP contribution in [0.25, 0.3) is 21.7 Å². The molecule has 0 saturated carbocycles. The largest absolute Gasteiger partial charge is 0.314 e. The first-order valence-corrected chi connectivity index (χ1v) is 12.4. The van der Waals surface area contributed by atoms with Crippen molar-refractivity contribution in [1.29, 1.82) is 0 Å². The van der Waals surface area contributed by atoms with Gasteiger partial charge in [0, 0.05) is 11.4 Å². The van der Waals surface area contributed by atoms with Gasteiger partial charge in [0.25, 0.3) is 0 Å². The Bertz CT molecular complexity index is 1270. The minimum atomic E-state index is 0.0893. The number of fused-ring (bicyclic) bond motifs is 2. The predicted octanol–water partition coefficient (Wildman–Crippen LogP) is 7.15. The monoisotopic (exact) mass is 439 g/mol. The van der Waals surface area contributed by atoms with Crippen LogP contribution < -0.4 is 5.32 Å². The molecule has 5 rings (SSSR count). The molecule has 172 valence electrons. The summed E-state index contributed by atoms with van der Waals surface area (Å²) < 4.78 is 2.31. The highest BCUT2D eigenvalue weighted by Crippen LogP contribution is 2.37. The molecular formula is C30H37N3. The lowest BCUT2D eigenvalue weighted by atomic mass is 9.75. The zero-order chi connectivity index (χ0) is 23.2. The maximum Gasteiger partial charge on any atom is 0.0688 e. The quantitative estimate of drug-likeness (QED) is 0.366. The number of piperidine rings is 1. The molecule has 0 bridgehead atoms. The summed E-state index contributed by atoms with van der Waals surface area (Å²) in [6.45, 7) is 12.7. The Morgan fingerprint density at radius 2 is 1.73 bits per heavy atom. The van der Waals surface area contributed by atoms with Gasteiger partial charge in [0.2, 0.25) is 0 Å². The van der Waals surface area contributed by atoms with Gasteiger partial charge >= 0.3 is 0 Å². The summed E-state index contributed by atoms with van der Waals surface area (Å²) in [5.74, 6) is 0. The molecule has 1 aliphatic rings. The Morgan fingerprint density at radius 3 is 2.55 bits per heavy atom. The molecule has 0 radical (unpaired) electrons. The first kappa shape index (κ1) is 22.2. The Kier molecular flexibility index (Phi) is 5.56. The number of hydrogen-bond acceptors (Lipinski definition) is 2. The van der Waals surface area contributed by atoms with Crippen LogP contribution in [0.3, 0.4) is 0 Å². The summed E-state index contributed by atoms with van der Waals surface area (Å²) in [7, 11) is 0. The standard InChI is InChI=1S/C30H37N3/c1-29(2,3)23-14-13-22-20-32-33(28(22)17-23)25-15-16-31-24(18-25)19-30(4,5)27-12-8-10-21-9-6-7-11-26(21)27/h6-14,17,20,24-25,31H,15-16,18-19H2,1-5H3.